The van der Waals surface area contributed by atoms with Crippen LogP contribution in [0.4, 0.5) is 0 Å². The molecule has 4 heteroatoms. The molecule has 1 unspecified atom stereocenters. The lowest BCUT2D eigenvalue weighted by Gasteiger charge is -2.23. The van der Waals surface area contributed by atoms with Crippen LogP contribution < -0.4 is 11.1 Å². The zero-order chi connectivity index (χ0) is 15.1. The van der Waals surface area contributed by atoms with Crippen LogP contribution in [0.5, 0.6) is 0 Å². The molecule has 2 rings (SSSR count). The molecular weight excluding hydrogens is 262 g/mol. The van der Waals surface area contributed by atoms with E-state index in [0.29, 0.717) is 24.7 Å². The van der Waals surface area contributed by atoms with Crippen molar-refractivity contribution in [3.63, 3.8) is 0 Å². The molecule has 0 bridgehead atoms. The number of amides is 1. The fourth-order valence-corrected chi connectivity index (χ4v) is 2.55. The van der Waals surface area contributed by atoms with E-state index >= 15 is 0 Å². The molecule has 1 saturated heterocycles. The third kappa shape index (κ3) is 4.59. The fourth-order valence-electron chi connectivity index (χ4n) is 2.55. The van der Waals surface area contributed by atoms with Crippen molar-refractivity contribution < 1.29 is 4.79 Å². The Bertz CT molecular complexity index is 538. The van der Waals surface area contributed by atoms with Gasteiger partial charge in [-0.2, -0.15) is 0 Å². The number of hydrogen-bond acceptors (Lipinski definition) is 3. The third-order valence-electron chi connectivity index (χ3n) is 3.78. The van der Waals surface area contributed by atoms with Crippen LogP contribution in [0.15, 0.2) is 24.3 Å². The first kappa shape index (κ1) is 15.6. The van der Waals surface area contributed by atoms with Crippen LogP contribution in [0.25, 0.3) is 0 Å². The monoisotopic (exact) mass is 285 g/mol. The van der Waals surface area contributed by atoms with Crippen LogP contribution >= 0.6 is 0 Å². The maximum atomic E-state index is 12.2. The van der Waals surface area contributed by atoms with E-state index in [-0.39, 0.29) is 5.91 Å². The van der Waals surface area contributed by atoms with Crippen LogP contribution in [-0.4, -0.2) is 43.0 Å². The minimum absolute atomic E-state index is 0.0440. The first-order valence-corrected chi connectivity index (χ1v) is 7.52. The molecular formula is C17H23N3O. The van der Waals surface area contributed by atoms with E-state index in [1.54, 1.807) is 6.07 Å². The molecule has 1 fully saturated rings. The summed E-state index contributed by atoms with van der Waals surface area (Å²) in [5.74, 6) is 5.70. The quantitative estimate of drug-likeness (QED) is 0.818. The molecule has 3 N–H and O–H groups in total. The number of benzene rings is 1. The molecule has 1 amide bonds. The summed E-state index contributed by atoms with van der Waals surface area (Å²) in [6, 6.07) is 7.73. The van der Waals surface area contributed by atoms with Gasteiger partial charge in [-0.3, -0.25) is 9.69 Å². The molecule has 21 heavy (non-hydrogen) atoms. The Kier molecular flexibility index (Phi) is 5.79. The molecule has 1 aliphatic heterocycles. The van der Waals surface area contributed by atoms with Gasteiger partial charge in [0.05, 0.1) is 6.54 Å². The van der Waals surface area contributed by atoms with Crippen molar-refractivity contribution in [1.29, 1.82) is 0 Å². The Morgan fingerprint density at radius 3 is 2.90 bits per heavy atom. The van der Waals surface area contributed by atoms with Crippen LogP contribution in [-0.2, 0) is 0 Å². The predicted octanol–water partition coefficient (Wildman–Crippen LogP) is 1.21. The first-order valence-electron chi connectivity index (χ1n) is 7.52. The summed E-state index contributed by atoms with van der Waals surface area (Å²) in [5.41, 5.74) is 6.82. The van der Waals surface area contributed by atoms with E-state index < -0.39 is 0 Å². The largest absolute Gasteiger partial charge is 0.350 e. The maximum absolute atomic E-state index is 12.2. The van der Waals surface area contributed by atoms with E-state index in [1.165, 1.54) is 12.8 Å². The Balaban J connectivity index is 1.90. The summed E-state index contributed by atoms with van der Waals surface area (Å²) < 4.78 is 0. The van der Waals surface area contributed by atoms with Crippen LogP contribution in [0.2, 0.25) is 0 Å². The van der Waals surface area contributed by atoms with E-state index in [4.69, 9.17) is 5.73 Å². The molecule has 1 atom stereocenters. The molecule has 0 radical (unpaired) electrons. The van der Waals surface area contributed by atoms with Crippen molar-refractivity contribution in [2.45, 2.75) is 25.8 Å². The van der Waals surface area contributed by atoms with Gasteiger partial charge in [-0.05, 0) is 51.1 Å². The number of nitrogens with zero attached hydrogens (tertiary/aromatic N) is 1. The number of carbonyl (C=O) groups excluding carboxylic acids is 1. The molecule has 4 nitrogen and oxygen atoms in total. The van der Waals surface area contributed by atoms with Gasteiger partial charge < -0.3 is 11.1 Å². The lowest BCUT2D eigenvalue weighted by Crippen LogP contribution is -2.40. The molecule has 1 aromatic rings. The molecule has 0 aliphatic carbocycles. The highest BCUT2D eigenvalue weighted by Gasteiger charge is 2.18. The predicted molar refractivity (Wildman–Crippen MR) is 85.0 cm³/mol. The minimum Gasteiger partial charge on any atom is -0.350 e. The lowest BCUT2D eigenvalue weighted by molar-refractivity contribution is 0.0940. The number of carbonyl (C=O) groups is 1. The Morgan fingerprint density at radius 1 is 1.43 bits per heavy atom. The Labute approximate surface area is 126 Å². The number of nitrogens with one attached hydrogen (secondary N) is 1. The van der Waals surface area contributed by atoms with Gasteiger partial charge in [0, 0.05) is 23.7 Å². The van der Waals surface area contributed by atoms with Gasteiger partial charge in [-0.15, -0.1) is 0 Å². The van der Waals surface area contributed by atoms with Gasteiger partial charge in [0.2, 0.25) is 0 Å². The molecule has 0 spiro atoms. The van der Waals surface area contributed by atoms with Crippen LogP contribution in [0, 0.1) is 11.8 Å². The molecule has 1 aliphatic rings. The second kappa shape index (κ2) is 7.82. The maximum Gasteiger partial charge on any atom is 0.251 e. The molecule has 1 heterocycles. The highest BCUT2D eigenvalue weighted by Crippen LogP contribution is 2.11. The van der Waals surface area contributed by atoms with E-state index in [2.05, 4.69) is 29.0 Å². The Hall–Kier alpha value is -1.83. The van der Waals surface area contributed by atoms with Crippen LogP contribution in [0.3, 0.4) is 0 Å². The normalized spacial score (nSPS) is 16.1. The van der Waals surface area contributed by atoms with Gasteiger partial charge in [0.15, 0.2) is 0 Å². The first-order chi connectivity index (χ1) is 10.2. The topological polar surface area (TPSA) is 58.4 Å². The molecule has 1 aromatic carbocycles. The van der Waals surface area contributed by atoms with E-state index in [9.17, 15) is 4.79 Å². The number of likely N-dealkylation sites (tertiary alicyclic amines) is 1. The van der Waals surface area contributed by atoms with Crippen molar-refractivity contribution >= 4 is 5.91 Å². The molecule has 112 valence electrons. The summed E-state index contributed by atoms with van der Waals surface area (Å²) in [4.78, 5) is 14.6. The standard InChI is InChI=1S/C17H23N3O/c1-14(20-10-2-3-11-20)13-19-17(21)16-8-4-6-15(12-16)7-5-9-18/h4,6,8,12,14H,2-3,9-11,13,18H2,1H3,(H,19,21). The average Bonchev–Trinajstić information content (AvgIpc) is 3.05. The second-order valence-electron chi connectivity index (χ2n) is 5.39. The summed E-state index contributed by atoms with van der Waals surface area (Å²) in [6.45, 7) is 5.44. The SMILES string of the molecule is CC(CNC(=O)c1cccc(C#CCN)c1)N1CCCC1. The van der Waals surface area contributed by atoms with Crippen molar-refractivity contribution in [2.75, 3.05) is 26.2 Å². The highest BCUT2D eigenvalue weighted by atomic mass is 16.1. The van der Waals surface area contributed by atoms with E-state index in [0.717, 1.165) is 18.7 Å². The minimum atomic E-state index is -0.0440. The fraction of sp³-hybridized carbons (Fsp3) is 0.471. The van der Waals surface area contributed by atoms with Gasteiger partial charge in [-0.1, -0.05) is 17.9 Å². The lowest BCUT2D eigenvalue weighted by atomic mass is 10.1. The third-order valence-corrected chi connectivity index (χ3v) is 3.78. The average molecular weight is 285 g/mol. The zero-order valence-electron chi connectivity index (χ0n) is 12.6. The van der Waals surface area contributed by atoms with Gasteiger partial charge in [0.1, 0.15) is 0 Å². The summed E-state index contributed by atoms with van der Waals surface area (Å²) >= 11 is 0. The van der Waals surface area contributed by atoms with Crippen LogP contribution in [0.1, 0.15) is 35.7 Å². The van der Waals surface area contributed by atoms with Crippen molar-refractivity contribution in [1.82, 2.24) is 10.2 Å². The molecule has 0 saturated carbocycles. The summed E-state index contributed by atoms with van der Waals surface area (Å²) in [7, 11) is 0. The van der Waals surface area contributed by atoms with Gasteiger partial charge in [0.25, 0.3) is 5.91 Å². The summed E-state index contributed by atoms with van der Waals surface area (Å²) in [5, 5.41) is 3.01. The Morgan fingerprint density at radius 2 is 2.19 bits per heavy atom. The smallest absolute Gasteiger partial charge is 0.251 e. The zero-order valence-corrected chi connectivity index (χ0v) is 12.6. The number of nitrogens with two attached hydrogens (primary N) is 1. The van der Waals surface area contributed by atoms with Crippen molar-refractivity contribution in [3.8, 4) is 11.8 Å². The van der Waals surface area contributed by atoms with Gasteiger partial charge >= 0.3 is 0 Å². The number of hydrogen-bond donors (Lipinski definition) is 2. The molecule has 0 aromatic heterocycles. The van der Waals surface area contributed by atoms with Crippen molar-refractivity contribution in [2.24, 2.45) is 5.73 Å². The van der Waals surface area contributed by atoms with Gasteiger partial charge in [-0.25, -0.2) is 0 Å². The number of rotatable bonds is 4. The highest BCUT2D eigenvalue weighted by molar-refractivity contribution is 5.94. The van der Waals surface area contributed by atoms with Crippen molar-refractivity contribution in [3.05, 3.63) is 35.4 Å². The summed E-state index contributed by atoms with van der Waals surface area (Å²) in [6.07, 6.45) is 2.53. The van der Waals surface area contributed by atoms with E-state index in [1.807, 2.05) is 18.2 Å². The second-order valence-corrected chi connectivity index (χ2v) is 5.39.